The van der Waals surface area contributed by atoms with Crippen LogP contribution >= 0.6 is 0 Å². The Morgan fingerprint density at radius 3 is 2.45 bits per heavy atom. The summed E-state index contributed by atoms with van der Waals surface area (Å²) >= 11 is 0. The Bertz CT molecular complexity index is 848. The summed E-state index contributed by atoms with van der Waals surface area (Å²) in [5.41, 5.74) is -0.443. The van der Waals surface area contributed by atoms with Crippen molar-refractivity contribution in [3.63, 3.8) is 0 Å². The van der Waals surface area contributed by atoms with Gasteiger partial charge in [0.15, 0.2) is 0 Å². The summed E-state index contributed by atoms with van der Waals surface area (Å²) in [6.45, 7) is 4.64. The van der Waals surface area contributed by atoms with Crippen LogP contribution in [0.25, 0.3) is 11.0 Å². The fraction of sp³-hybridized carbons (Fsp3) is 0.467. The summed E-state index contributed by atoms with van der Waals surface area (Å²) in [7, 11) is 4.65. The quantitative estimate of drug-likeness (QED) is 0.820. The van der Waals surface area contributed by atoms with Crippen molar-refractivity contribution in [2.75, 3.05) is 13.6 Å². The minimum absolute atomic E-state index is 0.219. The average molecular weight is 304 g/mol. The molecule has 0 radical (unpaired) electrons. The van der Waals surface area contributed by atoms with Gasteiger partial charge in [-0.3, -0.25) is 18.7 Å². The minimum Gasteiger partial charge on any atom is -0.340 e. The predicted octanol–water partition coefficient (Wildman–Crippen LogP) is 0.360. The first-order valence-electron chi connectivity index (χ1n) is 7.06. The fourth-order valence-electron chi connectivity index (χ4n) is 2.40. The largest absolute Gasteiger partial charge is 0.340 e. The lowest BCUT2D eigenvalue weighted by Crippen LogP contribution is -2.37. The zero-order chi connectivity index (χ0) is 16.6. The van der Waals surface area contributed by atoms with Gasteiger partial charge in [0.25, 0.3) is 11.5 Å². The lowest BCUT2D eigenvalue weighted by atomic mass is 10.2. The van der Waals surface area contributed by atoms with E-state index in [-0.39, 0.29) is 17.2 Å². The maximum Gasteiger partial charge on any atom is 0.332 e. The SMILES string of the molecule is CC(C)CN(C)C(=O)c1ccc2c(=O)n(C)c(=O)n(C)c2n1. The van der Waals surface area contributed by atoms with Crippen LogP contribution in [-0.4, -0.2) is 38.5 Å². The summed E-state index contributed by atoms with van der Waals surface area (Å²) in [6.07, 6.45) is 0. The zero-order valence-electron chi connectivity index (χ0n) is 13.5. The monoisotopic (exact) mass is 304 g/mol. The van der Waals surface area contributed by atoms with E-state index in [1.807, 2.05) is 13.8 Å². The molecule has 2 heterocycles. The molecule has 0 bridgehead atoms. The Morgan fingerprint density at radius 2 is 1.86 bits per heavy atom. The molecule has 0 atom stereocenters. The van der Waals surface area contributed by atoms with Crippen LogP contribution in [0.2, 0.25) is 0 Å². The number of aromatic nitrogens is 3. The molecule has 0 saturated carbocycles. The van der Waals surface area contributed by atoms with E-state index in [1.54, 1.807) is 18.0 Å². The van der Waals surface area contributed by atoms with Crippen LogP contribution in [0.5, 0.6) is 0 Å². The van der Waals surface area contributed by atoms with E-state index < -0.39 is 11.2 Å². The maximum absolute atomic E-state index is 12.4. The fourth-order valence-corrected chi connectivity index (χ4v) is 2.40. The standard InChI is InChI=1S/C15H20N4O3/c1-9(2)8-17(3)14(21)11-7-6-10-12(16-11)18(4)15(22)19(5)13(10)20/h6-7,9H,8H2,1-5H3. The van der Waals surface area contributed by atoms with Crippen molar-refractivity contribution < 1.29 is 4.79 Å². The van der Waals surface area contributed by atoms with Gasteiger partial charge in [0.2, 0.25) is 0 Å². The third-order valence-corrected chi connectivity index (χ3v) is 3.51. The van der Waals surface area contributed by atoms with E-state index in [4.69, 9.17) is 0 Å². The number of pyridine rings is 1. The Kier molecular flexibility index (Phi) is 4.16. The number of fused-ring (bicyclic) bond motifs is 1. The summed E-state index contributed by atoms with van der Waals surface area (Å²) < 4.78 is 2.30. The highest BCUT2D eigenvalue weighted by Crippen LogP contribution is 2.09. The number of hydrogen-bond acceptors (Lipinski definition) is 4. The van der Waals surface area contributed by atoms with Crippen molar-refractivity contribution >= 4 is 16.9 Å². The zero-order valence-corrected chi connectivity index (χ0v) is 13.5. The first-order valence-corrected chi connectivity index (χ1v) is 7.06. The highest BCUT2D eigenvalue weighted by molar-refractivity contribution is 5.94. The number of rotatable bonds is 3. The first kappa shape index (κ1) is 15.9. The van der Waals surface area contributed by atoms with Gasteiger partial charge in [0, 0.05) is 27.7 Å². The molecule has 22 heavy (non-hydrogen) atoms. The molecule has 2 rings (SSSR count). The van der Waals surface area contributed by atoms with E-state index in [9.17, 15) is 14.4 Å². The number of hydrogen-bond donors (Lipinski definition) is 0. The molecular weight excluding hydrogens is 284 g/mol. The van der Waals surface area contributed by atoms with E-state index in [1.165, 1.54) is 24.7 Å². The first-order chi connectivity index (χ1) is 10.2. The Labute approximate surface area is 127 Å². The highest BCUT2D eigenvalue weighted by Gasteiger charge is 2.17. The molecule has 0 saturated heterocycles. The van der Waals surface area contributed by atoms with Gasteiger partial charge in [-0.25, -0.2) is 9.78 Å². The van der Waals surface area contributed by atoms with Gasteiger partial charge >= 0.3 is 5.69 Å². The van der Waals surface area contributed by atoms with Crippen LogP contribution in [0.3, 0.4) is 0 Å². The molecule has 0 aliphatic rings. The summed E-state index contributed by atoms with van der Waals surface area (Å²) in [5.74, 6) is 0.106. The van der Waals surface area contributed by atoms with E-state index in [0.717, 1.165) is 4.57 Å². The van der Waals surface area contributed by atoms with E-state index in [2.05, 4.69) is 4.98 Å². The molecule has 0 aliphatic carbocycles. The molecule has 2 aromatic heterocycles. The number of carbonyl (C=O) groups is 1. The van der Waals surface area contributed by atoms with Crippen molar-refractivity contribution in [2.24, 2.45) is 20.0 Å². The highest BCUT2D eigenvalue weighted by atomic mass is 16.2. The van der Waals surface area contributed by atoms with Crippen molar-refractivity contribution in [1.82, 2.24) is 19.0 Å². The summed E-state index contributed by atoms with van der Waals surface area (Å²) in [5, 5.41) is 0.313. The Morgan fingerprint density at radius 1 is 1.23 bits per heavy atom. The molecule has 7 heteroatoms. The van der Waals surface area contributed by atoms with Gasteiger partial charge in [0.05, 0.1) is 5.39 Å². The topological polar surface area (TPSA) is 77.2 Å². The van der Waals surface area contributed by atoms with Crippen LogP contribution in [0.4, 0.5) is 0 Å². The Hall–Kier alpha value is -2.44. The van der Waals surface area contributed by atoms with Crippen LogP contribution in [-0.2, 0) is 14.1 Å². The second-order valence-electron chi connectivity index (χ2n) is 5.85. The number of amides is 1. The molecule has 0 fully saturated rings. The van der Waals surface area contributed by atoms with E-state index in [0.29, 0.717) is 17.8 Å². The molecule has 0 aromatic carbocycles. The molecule has 7 nitrogen and oxygen atoms in total. The van der Waals surface area contributed by atoms with Gasteiger partial charge in [-0.15, -0.1) is 0 Å². The lowest BCUT2D eigenvalue weighted by Gasteiger charge is -2.19. The molecule has 2 aromatic rings. The van der Waals surface area contributed by atoms with Crippen LogP contribution in [0.15, 0.2) is 21.7 Å². The van der Waals surface area contributed by atoms with Gasteiger partial charge < -0.3 is 4.90 Å². The normalized spacial score (nSPS) is 11.2. The molecule has 1 amide bonds. The predicted molar refractivity (Wildman–Crippen MR) is 84.0 cm³/mol. The van der Waals surface area contributed by atoms with Gasteiger partial charge in [-0.1, -0.05) is 13.8 Å². The number of aryl methyl sites for hydroxylation is 1. The second kappa shape index (κ2) is 5.75. The van der Waals surface area contributed by atoms with Crippen LogP contribution in [0, 0.1) is 5.92 Å². The van der Waals surface area contributed by atoms with E-state index >= 15 is 0 Å². The molecular formula is C15H20N4O3. The third kappa shape index (κ3) is 2.66. The van der Waals surface area contributed by atoms with Crippen molar-refractivity contribution in [1.29, 1.82) is 0 Å². The van der Waals surface area contributed by atoms with Crippen LogP contribution < -0.4 is 11.2 Å². The van der Waals surface area contributed by atoms with Crippen molar-refractivity contribution in [2.45, 2.75) is 13.8 Å². The van der Waals surface area contributed by atoms with Gasteiger partial charge in [-0.05, 0) is 18.1 Å². The summed E-state index contributed by atoms with van der Waals surface area (Å²) in [6, 6.07) is 3.06. The molecule has 118 valence electrons. The van der Waals surface area contributed by atoms with Gasteiger partial charge in [0.1, 0.15) is 11.3 Å². The lowest BCUT2D eigenvalue weighted by molar-refractivity contribution is 0.0773. The number of nitrogens with zero attached hydrogens (tertiary/aromatic N) is 4. The van der Waals surface area contributed by atoms with Crippen molar-refractivity contribution in [3.05, 3.63) is 38.7 Å². The second-order valence-corrected chi connectivity index (χ2v) is 5.85. The van der Waals surface area contributed by atoms with Gasteiger partial charge in [-0.2, -0.15) is 0 Å². The average Bonchev–Trinajstić information content (AvgIpc) is 2.48. The number of carbonyl (C=O) groups excluding carboxylic acids is 1. The summed E-state index contributed by atoms with van der Waals surface area (Å²) in [4.78, 5) is 42.2. The molecule has 0 unspecified atom stereocenters. The van der Waals surface area contributed by atoms with Crippen molar-refractivity contribution in [3.8, 4) is 0 Å². The smallest absolute Gasteiger partial charge is 0.332 e. The molecule has 0 spiro atoms. The Balaban J connectivity index is 2.59. The maximum atomic E-state index is 12.4. The minimum atomic E-state index is -0.467. The van der Waals surface area contributed by atoms with Crippen LogP contribution in [0.1, 0.15) is 24.3 Å². The molecule has 0 N–H and O–H groups in total. The molecule has 0 aliphatic heterocycles. The third-order valence-electron chi connectivity index (χ3n) is 3.51.